The van der Waals surface area contributed by atoms with Crippen molar-refractivity contribution in [1.82, 2.24) is 0 Å². The summed E-state index contributed by atoms with van der Waals surface area (Å²) in [5, 5.41) is 0. The van der Waals surface area contributed by atoms with Crippen molar-refractivity contribution in [1.29, 1.82) is 0 Å². The second-order valence-electron chi connectivity index (χ2n) is 31.0. The molecule has 0 aromatic carbocycles. The SMILES string of the molecule is CC1C(C(F)(F)F)C(C(F)(F)F)C(C)[C@@H](C)C1C(F)(F)F.CC1C(F)C(F)C(F)[C@@H](C)C1F.CC1CC(C(F)(F)F)C[C@@H](C)C1.CC1C[C@H](C)CC(C(F)(F)F)C1C(F)(F)F.CC1[C@H]2CC[C@@H]1C2(C)C(F)(F)F.C[C@H]1C(F)(F)C(C)(F)C(F)(F)C(F)(F)C1(F)F.[2H][C@@]1(C)C(C)CCC(C)C1C(F)(F)F. The molecule has 0 nitrogen and oxygen atoms in total. The van der Waals surface area contributed by atoms with Crippen LogP contribution >= 0.6 is 0 Å². The fraction of sp³-hybridized carbons (Fsp3) is 1.00. The zero-order chi connectivity index (χ0) is 82.9. The molecule has 616 valence electrons. The lowest BCUT2D eigenvalue weighted by molar-refractivity contribution is -0.431. The molecule has 0 saturated heterocycles. The van der Waals surface area contributed by atoms with Crippen molar-refractivity contribution in [3.8, 4) is 0 Å². The van der Waals surface area contributed by atoms with Crippen LogP contribution in [0.3, 0.4) is 0 Å². The molecule has 21 unspecified atom stereocenters. The van der Waals surface area contributed by atoms with Gasteiger partial charge < -0.3 is 0 Å². The second-order valence-corrected chi connectivity index (χ2v) is 31.0. The molecule has 0 spiro atoms. The lowest BCUT2D eigenvalue weighted by Crippen LogP contribution is -2.77. The maximum Gasteiger partial charge on any atom is 0.394 e. The Balaban J connectivity index is 0.000000416. The molecule has 9 saturated carbocycles. The molecule has 0 aromatic heterocycles. The van der Waals surface area contributed by atoms with Gasteiger partial charge in [-0.1, -0.05) is 110 Å². The molecule has 0 N–H and O–H groups in total. The van der Waals surface area contributed by atoms with Gasteiger partial charge >= 0.3 is 67.2 Å². The largest absolute Gasteiger partial charge is 0.394 e. The van der Waals surface area contributed by atoms with Crippen LogP contribution in [0.5, 0.6) is 0 Å². The number of rotatable bonds is 0. The molecule has 0 aromatic rings. The average molecular weight is 1590 g/mol. The highest BCUT2D eigenvalue weighted by Crippen LogP contribution is 2.72. The highest BCUT2D eigenvalue weighted by Gasteiger charge is 2.91. The van der Waals surface area contributed by atoms with Gasteiger partial charge in [-0.3, -0.25) is 0 Å². The van der Waals surface area contributed by atoms with Gasteiger partial charge in [0.25, 0.3) is 5.92 Å². The van der Waals surface area contributed by atoms with Crippen LogP contribution in [0.2, 0.25) is 0 Å². The van der Waals surface area contributed by atoms with E-state index in [9.17, 15) is 162 Å². The molecule has 0 aliphatic heterocycles. The molecule has 29 atom stereocenters. The maximum atomic E-state index is 13.2. The summed E-state index contributed by atoms with van der Waals surface area (Å²) in [6.45, 7) is 19.1. The fourth-order valence-electron chi connectivity index (χ4n) is 17.4. The Kier molecular flexibility index (Phi) is 30.1. The van der Waals surface area contributed by atoms with E-state index in [0.717, 1.165) is 39.5 Å². The van der Waals surface area contributed by atoms with E-state index in [2.05, 4.69) is 0 Å². The average Bonchev–Trinajstić information content (AvgIpc) is 1.10. The number of alkyl halides is 37. The Bertz CT molecular complexity index is 2540. The normalized spacial score (nSPS) is 44.0. The van der Waals surface area contributed by atoms with Crippen LogP contribution in [0.4, 0.5) is 162 Å². The summed E-state index contributed by atoms with van der Waals surface area (Å²) in [6, 6.07) is 0. The Morgan fingerprint density at radius 1 is 0.301 bits per heavy atom. The summed E-state index contributed by atoms with van der Waals surface area (Å²) in [5.41, 5.74) is -6.41. The standard InChI is InChI=1S/C12H15F9.C10H14F6.C10H17F3.C9H13F3.C9H15F3.C8H7F9.C8H12F4/c1-4-5(2)8(11(16,17)18)9(12(19,20)21)6(3)7(4)10(13,14)15;1-5-3-6(2)8(10(14,15)16)7(4-5)9(11,12)13;1-6-4-5-7(2)9(8(6)3)10(11,12)13;1-5-6-3-4-7(5)8(6,2)9(10,11)12;1-6-3-7(2)5-8(4-6)9(10,11)12;1-3-5(10,11)4(2,9)7(14,15)8(16,17)6(3,12)13;1-3-5(9)4(2)7(11)8(12)6(3)10/h4-9H,1-3H3;5-8H,3-4H2,1-2H3;6-9H,4-5H2,1-3H3;5-7H,3-4H2,1-2H3;6-8H,3-5H2,1-2H3;3H,1-2H3;3-8H,1-2H3/t4-,5?,6?,7?,8?,9?;5-,6?,7?,8?;6?,7?,8-,9?;5?,6-,7+,8?;6-,7?,8?;3-,4?;3-,4?,5?,6?,7?,8?/m101.000/s1/i;;8D;;;;. The zero-order valence-electron chi connectivity index (χ0n) is 59.9. The highest BCUT2D eigenvalue weighted by molar-refractivity contribution is 5.20. The summed E-state index contributed by atoms with van der Waals surface area (Å²) < 4.78 is 480. The minimum absolute atomic E-state index is 0.0949. The van der Waals surface area contributed by atoms with Gasteiger partial charge in [0.1, 0.15) is 18.5 Å². The fourth-order valence-corrected chi connectivity index (χ4v) is 17.4. The molecule has 0 radical (unpaired) electrons. The van der Waals surface area contributed by atoms with Crippen LogP contribution < -0.4 is 0 Å². The van der Waals surface area contributed by atoms with Gasteiger partial charge in [0.15, 0.2) is 6.17 Å². The lowest BCUT2D eigenvalue weighted by Gasteiger charge is -2.53. The summed E-state index contributed by atoms with van der Waals surface area (Å²) in [4.78, 5) is 0. The van der Waals surface area contributed by atoms with Gasteiger partial charge in [0.05, 0.1) is 52.8 Å². The summed E-state index contributed by atoms with van der Waals surface area (Å²) >= 11 is 0. The van der Waals surface area contributed by atoms with E-state index < -0.39 is 217 Å². The first-order valence-corrected chi connectivity index (χ1v) is 33.5. The molecule has 103 heavy (non-hydrogen) atoms. The summed E-state index contributed by atoms with van der Waals surface area (Å²) in [6.07, 6.45) is -40.7. The molecule has 9 fully saturated rings. The van der Waals surface area contributed by atoms with E-state index in [-0.39, 0.29) is 48.9 Å². The van der Waals surface area contributed by atoms with Crippen molar-refractivity contribution in [3.05, 3.63) is 0 Å². The summed E-state index contributed by atoms with van der Waals surface area (Å²) in [5.74, 6) is -52.4. The number of hydrogen-bond acceptors (Lipinski definition) is 0. The van der Waals surface area contributed by atoms with Gasteiger partial charge in [-0.05, 0) is 135 Å². The van der Waals surface area contributed by atoms with Crippen molar-refractivity contribution in [2.24, 2.45) is 142 Å². The first-order valence-electron chi connectivity index (χ1n) is 34.0. The van der Waals surface area contributed by atoms with Gasteiger partial charge in [0.2, 0.25) is 5.67 Å². The Labute approximate surface area is 576 Å². The third-order valence-electron chi connectivity index (χ3n) is 23.7. The van der Waals surface area contributed by atoms with Gasteiger partial charge in [-0.25, -0.2) is 30.7 Å². The van der Waals surface area contributed by atoms with Gasteiger partial charge in [0, 0.05) is 13.2 Å². The van der Waals surface area contributed by atoms with Crippen molar-refractivity contribution in [2.75, 3.05) is 0 Å². The van der Waals surface area contributed by atoms with Crippen LogP contribution in [-0.2, 0) is 0 Å². The lowest BCUT2D eigenvalue weighted by atomic mass is 9.53. The topological polar surface area (TPSA) is 0 Å². The van der Waals surface area contributed by atoms with Crippen molar-refractivity contribution < 1.29 is 164 Å². The smallest absolute Gasteiger partial charge is 0.247 e. The van der Waals surface area contributed by atoms with E-state index in [1.54, 1.807) is 20.8 Å². The van der Waals surface area contributed by atoms with Crippen molar-refractivity contribution in [3.63, 3.8) is 0 Å². The zero-order valence-corrected chi connectivity index (χ0v) is 58.9. The van der Waals surface area contributed by atoms with E-state index in [1.807, 2.05) is 20.8 Å². The third-order valence-corrected chi connectivity index (χ3v) is 23.7. The first-order chi connectivity index (χ1) is 45.7. The van der Waals surface area contributed by atoms with Crippen LogP contribution in [0.25, 0.3) is 0 Å². The first kappa shape index (κ1) is 94.6. The van der Waals surface area contributed by atoms with E-state index in [1.165, 1.54) is 34.6 Å². The third kappa shape index (κ3) is 20.5. The highest BCUT2D eigenvalue weighted by atomic mass is 19.4. The number of halogens is 37. The van der Waals surface area contributed by atoms with E-state index >= 15 is 0 Å². The molecule has 0 heterocycles. The molecule has 2 bridgehead atoms. The molecular weight excluding hydrogens is 1500 g/mol. The van der Waals surface area contributed by atoms with E-state index in [0.29, 0.717) is 32.1 Å². The molecule has 9 aliphatic rings. The van der Waals surface area contributed by atoms with Crippen molar-refractivity contribution in [2.45, 2.75) is 272 Å². The van der Waals surface area contributed by atoms with Gasteiger partial charge in [-0.15, -0.1) is 0 Å². The van der Waals surface area contributed by atoms with Crippen LogP contribution in [0, 0.1) is 142 Å². The molecule has 9 rings (SSSR count). The maximum absolute atomic E-state index is 13.2. The Morgan fingerprint density at radius 2 is 0.650 bits per heavy atom. The molecule has 0 amide bonds. The van der Waals surface area contributed by atoms with Gasteiger partial charge in [-0.2, -0.15) is 132 Å². The van der Waals surface area contributed by atoms with Crippen molar-refractivity contribution >= 4 is 0 Å². The van der Waals surface area contributed by atoms with E-state index in [4.69, 9.17) is 1.37 Å². The Morgan fingerprint density at radius 3 is 0.971 bits per heavy atom. The number of hydrogen-bond donors (Lipinski definition) is 0. The van der Waals surface area contributed by atoms with Crippen LogP contribution in [-0.4, -0.2) is 103 Å². The second kappa shape index (κ2) is 32.8. The summed E-state index contributed by atoms with van der Waals surface area (Å²) in [7, 11) is 0. The minimum atomic E-state index is -6.19. The predicted molar refractivity (Wildman–Crippen MR) is 307 cm³/mol. The minimum Gasteiger partial charge on any atom is -0.247 e. The molecule has 37 heteroatoms. The monoisotopic (exact) mass is 1590 g/mol. The Hall–Kier alpha value is -2.59. The van der Waals surface area contributed by atoms with Crippen LogP contribution in [0.15, 0.2) is 0 Å². The molecular formula is C66H93F37. The predicted octanol–water partition coefficient (Wildman–Crippen LogP) is 27.1. The van der Waals surface area contributed by atoms with Crippen LogP contribution in [0.1, 0.15) is 170 Å². The number of fused-ring (bicyclic) bond motifs is 1. The quantitative estimate of drug-likeness (QED) is 0.212. The molecule has 9 aliphatic carbocycles.